The van der Waals surface area contributed by atoms with Crippen LogP contribution in [-0.4, -0.2) is 18.5 Å². The van der Waals surface area contributed by atoms with E-state index in [0.29, 0.717) is 13.0 Å². The molecule has 2 rings (SSSR count). The quantitative estimate of drug-likeness (QED) is 0.827. The standard InChI is InChI=1S/C15H22N2O/c1-10-7-11(15(2,3)4)5-6-13(10)17-9-12(16)8-14(17)18/h5-7,12H,8-9,16H2,1-4H3. The summed E-state index contributed by atoms with van der Waals surface area (Å²) in [7, 11) is 0. The number of aryl methyl sites for hydroxylation is 1. The lowest BCUT2D eigenvalue weighted by Crippen LogP contribution is -2.28. The molecule has 1 saturated heterocycles. The molecule has 0 aromatic heterocycles. The fraction of sp³-hybridized carbons (Fsp3) is 0.533. The summed E-state index contributed by atoms with van der Waals surface area (Å²) in [5.41, 5.74) is 9.41. The van der Waals surface area contributed by atoms with E-state index in [1.54, 1.807) is 0 Å². The van der Waals surface area contributed by atoms with Gasteiger partial charge in [0.25, 0.3) is 0 Å². The molecule has 3 heteroatoms. The lowest BCUT2D eigenvalue weighted by atomic mass is 9.86. The van der Waals surface area contributed by atoms with Crippen LogP contribution in [0.4, 0.5) is 5.69 Å². The van der Waals surface area contributed by atoms with Gasteiger partial charge in [-0.25, -0.2) is 0 Å². The van der Waals surface area contributed by atoms with Gasteiger partial charge in [-0.15, -0.1) is 0 Å². The van der Waals surface area contributed by atoms with Crippen LogP contribution in [0.25, 0.3) is 0 Å². The molecule has 18 heavy (non-hydrogen) atoms. The molecule has 3 nitrogen and oxygen atoms in total. The van der Waals surface area contributed by atoms with Crippen LogP contribution in [-0.2, 0) is 10.2 Å². The summed E-state index contributed by atoms with van der Waals surface area (Å²) in [6.45, 7) is 9.27. The zero-order valence-corrected chi connectivity index (χ0v) is 11.7. The van der Waals surface area contributed by atoms with E-state index >= 15 is 0 Å². The van der Waals surface area contributed by atoms with Gasteiger partial charge in [0.05, 0.1) is 0 Å². The smallest absolute Gasteiger partial charge is 0.228 e. The largest absolute Gasteiger partial charge is 0.326 e. The lowest BCUT2D eigenvalue weighted by Gasteiger charge is -2.23. The zero-order chi connectivity index (χ0) is 13.5. The number of benzene rings is 1. The number of hydrogen-bond donors (Lipinski definition) is 1. The summed E-state index contributed by atoms with van der Waals surface area (Å²) in [6.07, 6.45) is 0.459. The Morgan fingerprint density at radius 2 is 2.00 bits per heavy atom. The van der Waals surface area contributed by atoms with Crippen LogP contribution in [0.1, 0.15) is 38.3 Å². The molecule has 0 radical (unpaired) electrons. The summed E-state index contributed by atoms with van der Waals surface area (Å²) < 4.78 is 0. The molecule has 1 unspecified atom stereocenters. The van der Waals surface area contributed by atoms with Gasteiger partial charge < -0.3 is 10.6 Å². The van der Waals surface area contributed by atoms with Crippen molar-refractivity contribution in [3.05, 3.63) is 29.3 Å². The molecule has 0 bridgehead atoms. The third kappa shape index (κ3) is 2.41. The Morgan fingerprint density at radius 3 is 2.44 bits per heavy atom. The van der Waals surface area contributed by atoms with Crippen LogP contribution in [0.15, 0.2) is 18.2 Å². The van der Waals surface area contributed by atoms with Crippen molar-refractivity contribution < 1.29 is 4.79 Å². The van der Waals surface area contributed by atoms with Crippen molar-refractivity contribution in [3.63, 3.8) is 0 Å². The fourth-order valence-corrected chi connectivity index (χ4v) is 2.39. The molecule has 1 fully saturated rings. The lowest BCUT2D eigenvalue weighted by molar-refractivity contribution is -0.117. The molecule has 0 saturated carbocycles. The van der Waals surface area contributed by atoms with Crippen LogP contribution in [0.5, 0.6) is 0 Å². The first-order valence-corrected chi connectivity index (χ1v) is 6.46. The average Bonchev–Trinajstić information content (AvgIpc) is 2.56. The molecule has 1 aromatic carbocycles. The summed E-state index contributed by atoms with van der Waals surface area (Å²) in [4.78, 5) is 13.7. The zero-order valence-electron chi connectivity index (χ0n) is 11.7. The third-order valence-corrected chi connectivity index (χ3v) is 3.51. The van der Waals surface area contributed by atoms with E-state index < -0.39 is 0 Å². The molecule has 1 atom stereocenters. The van der Waals surface area contributed by atoms with Crippen molar-refractivity contribution in [2.24, 2.45) is 5.73 Å². The Morgan fingerprint density at radius 1 is 1.33 bits per heavy atom. The van der Waals surface area contributed by atoms with Gasteiger partial charge in [-0.3, -0.25) is 4.79 Å². The van der Waals surface area contributed by atoms with Gasteiger partial charge in [0.1, 0.15) is 0 Å². The van der Waals surface area contributed by atoms with E-state index in [4.69, 9.17) is 5.73 Å². The topological polar surface area (TPSA) is 46.3 Å². The van der Waals surface area contributed by atoms with Crippen LogP contribution in [0, 0.1) is 6.92 Å². The minimum absolute atomic E-state index is 0.0285. The van der Waals surface area contributed by atoms with Crippen molar-refractivity contribution in [2.75, 3.05) is 11.4 Å². The van der Waals surface area contributed by atoms with E-state index in [-0.39, 0.29) is 17.4 Å². The highest BCUT2D eigenvalue weighted by molar-refractivity contribution is 5.96. The Balaban J connectivity index is 2.34. The number of anilines is 1. The molecular formula is C15H22N2O. The van der Waals surface area contributed by atoms with E-state index in [9.17, 15) is 4.79 Å². The summed E-state index contributed by atoms with van der Waals surface area (Å²) in [5.74, 6) is 0.133. The fourth-order valence-electron chi connectivity index (χ4n) is 2.39. The minimum atomic E-state index is -0.0285. The minimum Gasteiger partial charge on any atom is -0.326 e. The first kappa shape index (κ1) is 13.1. The van der Waals surface area contributed by atoms with Gasteiger partial charge in [0.2, 0.25) is 5.91 Å². The van der Waals surface area contributed by atoms with Crippen LogP contribution in [0.2, 0.25) is 0 Å². The Labute approximate surface area is 109 Å². The van der Waals surface area contributed by atoms with E-state index in [0.717, 1.165) is 11.3 Å². The second-order valence-corrected chi connectivity index (χ2v) is 6.22. The number of rotatable bonds is 1. The molecule has 2 N–H and O–H groups in total. The highest BCUT2D eigenvalue weighted by Crippen LogP contribution is 2.30. The Hall–Kier alpha value is -1.35. The average molecular weight is 246 g/mol. The van der Waals surface area contributed by atoms with Crippen LogP contribution < -0.4 is 10.6 Å². The number of nitrogens with zero attached hydrogens (tertiary/aromatic N) is 1. The molecule has 1 aliphatic rings. The van der Waals surface area contributed by atoms with E-state index in [2.05, 4.69) is 39.8 Å². The molecule has 1 heterocycles. The molecule has 1 aliphatic heterocycles. The van der Waals surface area contributed by atoms with Gasteiger partial charge in [0, 0.05) is 24.7 Å². The predicted molar refractivity (Wildman–Crippen MR) is 74.8 cm³/mol. The maximum atomic E-state index is 11.9. The summed E-state index contributed by atoms with van der Waals surface area (Å²) in [5, 5.41) is 0. The van der Waals surface area contributed by atoms with Gasteiger partial charge in [-0.2, -0.15) is 0 Å². The Bertz CT molecular complexity index is 474. The van der Waals surface area contributed by atoms with Crippen LogP contribution >= 0.6 is 0 Å². The number of carbonyl (C=O) groups excluding carboxylic acids is 1. The number of nitrogens with two attached hydrogens (primary N) is 1. The monoisotopic (exact) mass is 246 g/mol. The number of amides is 1. The number of hydrogen-bond acceptors (Lipinski definition) is 2. The number of carbonyl (C=O) groups is 1. The van der Waals surface area contributed by atoms with Crippen molar-refractivity contribution in [2.45, 2.75) is 45.6 Å². The molecule has 1 amide bonds. The maximum absolute atomic E-state index is 11.9. The van der Waals surface area contributed by atoms with Gasteiger partial charge in [0.15, 0.2) is 0 Å². The maximum Gasteiger partial charge on any atom is 0.228 e. The normalized spacial score (nSPS) is 20.6. The SMILES string of the molecule is Cc1cc(C(C)(C)C)ccc1N1CC(N)CC1=O. The molecule has 1 aromatic rings. The van der Waals surface area contributed by atoms with Crippen molar-refractivity contribution in [1.82, 2.24) is 0 Å². The summed E-state index contributed by atoms with van der Waals surface area (Å²) >= 11 is 0. The molecular weight excluding hydrogens is 224 g/mol. The highest BCUT2D eigenvalue weighted by atomic mass is 16.2. The van der Waals surface area contributed by atoms with Crippen LogP contribution in [0.3, 0.4) is 0 Å². The predicted octanol–water partition coefficient (Wildman–Crippen LogP) is 2.36. The van der Waals surface area contributed by atoms with Gasteiger partial charge >= 0.3 is 0 Å². The second-order valence-electron chi connectivity index (χ2n) is 6.22. The van der Waals surface area contributed by atoms with Gasteiger partial charge in [-0.05, 0) is 29.5 Å². The second kappa shape index (κ2) is 4.39. The van der Waals surface area contributed by atoms with Crippen molar-refractivity contribution in [1.29, 1.82) is 0 Å². The van der Waals surface area contributed by atoms with Crippen molar-refractivity contribution in [3.8, 4) is 0 Å². The first-order chi connectivity index (χ1) is 8.29. The van der Waals surface area contributed by atoms with Crippen molar-refractivity contribution >= 4 is 11.6 Å². The molecule has 0 spiro atoms. The summed E-state index contributed by atoms with van der Waals surface area (Å²) in [6, 6.07) is 6.30. The third-order valence-electron chi connectivity index (χ3n) is 3.51. The van der Waals surface area contributed by atoms with E-state index in [1.165, 1.54) is 5.56 Å². The first-order valence-electron chi connectivity index (χ1n) is 6.46. The van der Waals surface area contributed by atoms with E-state index in [1.807, 2.05) is 11.0 Å². The molecule has 0 aliphatic carbocycles. The highest BCUT2D eigenvalue weighted by Gasteiger charge is 2.29. The van der Waals surface area contributed by atoms with Gasteiger partial charge in [-0.1, -0.05) is 32.9 Å². The molecule has 98 valence electrons. The Kier molecular flexibility index (Phi) is 3.20.